The zero-order valence-electron chi connectivity index (χ0n) is 13.2. The van der Waals surface area contributed by atoms with E-state index in [0.717, 1.165) is 0 Å². The van der Waals surface area contributed by atoms with Crippen LogP contribution in [0.5, 0.6) is 0 Å². The SMILES string of the molecule is C.C.[2H]C(=O)CNC(=O)CCC(NC(=O)CC)C(=O)NCC(C)=O. The minimum absolute atomic E-state index is 0. The Kier molecular flexibility index (Phi) is 14.7. The Hall–Kier alpha value is -2.25. The van der Waals surface area contributed by atoms with Crippen LogP contribution in [0.2, 0.25) is 0 Å². The molecule has 0 heterocycles. The predicted octanol–water partition coefficient (Wildman–Crippen LogP) is -0.0461. The summed E-state index contributed by atoms with van der Waals surface area (Å²) in [6, 6.07) is -0.941. The van der Waals surface area contributed by atoms with Gasteiger partial charge in [-0.05, 0) is 13.3 Å². The molecular weight excluding hydrogens is 302 g/mol. The van der Waals surface area contributed by atoms with E-state index in [0.29, 0.717) is 0 Å². The molecule has 0 saturated carbocycles. The third-order valence-electron chi connectivity index (χ3n) is 2.50. The molecule has 8 nitrogen and oxygen atoms in total. The van der Waals surface area contributed by atoms with Crippen molar-refractivity contribution >= 4 is 29.8 Å². The molecule has 1 atom stereocenters. The lowest BCUT2D eigenvalue weighted by Crippen LogP contribution is -2.48. The van der Waals surface area contributed by atoms with Crippen LogP contribution in [0.25, 0.3) is 0 Å². The zero-order chi connectivity index (χ0) is 17.1. The summed E-state index contributed by atoms with van der Waals surface area (Å²) in [5, 5.41) is 7.05. The number of nitrogens with one attached hydrogen (secondary N) is 3. The molecule has 0 aliphatic rings. The molecule has 0 saturated heterocycles. The number of amides is 3. The lowest BCUT2D eigenvalue weighted by atomic mass is 10.1. The maximum Gasteiger partial charge on any atom is 0.242 e. The summed E-state index contributed by atoms with van der Waals surface area (Å²) in [6.07, 6.45) is -0.831. The molecule has 0 radical (unpaired) electrons. The van der Waals surface area contributed by atoms with Crippen molar-refractivity contribution in [2.75, 3.05) is 13.1 Å². The molecule has 0 aromatic carbocycles. The highest BCUT2D eigenvalue weighted by atomic mass is 16.2. The monoisotopic (exact) mass is 332 g/mol. The van der Waals surface area contributed by atoms with Gasteiger partial charge in [0, 0.05) is 12.8 Å². The molecule has 3 amide bonds. The van der Waals surface area contributed by atoms with E-state index in [2.05, 4.69) is 16.0 Å². The quantitative estimate of drug-likeness (QED) is 0.484. The van der Waals surface area contributed by atoms with E-state index in [1.165, 1.54) is 6.92 Å². The van der Waals surface area contributed by atoms with Crippen molar-refractivity contribution in [3.05, 3.63) is 0 Å². The minimum atomic E-state index is -0.941. The average Bonchev–Trinajstić information content (AvgIpc) is 2.46. The Morgan fingerprint density at radius 3 is 2.22 bits per heavy atom. The maximum absolute atomic E-state index is 11.9. The first-order valence-electron chi connectivity index (χ1n) is 7.08. The van der Waals surface area contributed by atoms with Crippen molar-refractivity contribution in [3.8, 4) is 0 Å². The van der Waals surface area contributed by atoms with Crippen LogP contribution >= 0.6 is 0 Å². The highest BCUT2D eigenvalue weighted by Gasteiger charge is 2.21. The van der Waals surface area contributed by atoms with Crippen molar-refractivity contribution in [2.45, 2.75) is 54.0 Å². The molecule has 0 aromatic heterocycles. The highest BCUT2D eigenvalue weighted by Crippen LogP contribution is 1.99. The molecule has 0 aliphatic heterocycles. The maximum atomic E-state index is 11.9. The predicted molar refractivity (Wildman–Crippen MR) is 87.7 cm³/mol. The molecule has 0 rings (SSSR count). The van der Waals surface area contributed by atoms with Crippen molar-refractivity contribution < 1.29 is 25.3 Å². The number of carbonyl (C=O) groups is 5. The molecule has 0 bridgehead atoms. The smallest absolute Gasteiger partial charge is 0.242 e. The summed E-state index contributed by atoms with van der Waals surface area (Å²) in [5.74, 6) is -1.65. The first kappa shape index (κ1) is 23.0. The number of hydrogen-bond acceptors (Lipinski definition) is 5. The van der Waals surface area contributed by atoms with Crippen molar-refractivity contribution in [3.63, 3.8) is 0 Å². The fourth-order valence-electron chi connectivity index (χ4n) is 1.40. The van der Waals surface area contributed by atoms with Gasteiger partial charge >= 0.3 is 0 Å². The molecular formula is C15H29N3O5. The standard InChI is InChI=1S/C13H21N3O5.2CH4/c1-3-11(19)16-10(13(21)15-8-9(2)18)4-5-12(20)14-6-7-17;;/h7,10H,3-6,8H2,1-2H3,(H,14,20)(H,15,21)(H,16,19);2*1H4/i7D;;. The first-order chi connectivity index (χ1) is 10.3. The van der Waals surface area contributed by atoms with Crippen LogP contribution < -0.4 is 16.0 Å². The summed E-state index contributed by atoms with van der Waals surface area (Å²) < 4.78 is 6.66. The van der Waals surface area contributed by atoms with Crippen LogP contribution in [0.15, 0.2) is 0 Å². The molecule has 0 aliphatic carbocycles. The van der Waals surface area contributed by atoms with Gasteiger partial charge in [-0.1, -0.05) is 21.8 Å². The van der Waals surface area contributed by atoms with Crippen molar-refractivity contribution in [1.82, 2.24) is 16.0 Å². The number of carbonyl (C=O) groups excluding carboxylic acids is 5. The van der Waals surface area contributed by atoms with Gasteiger partial charge in [-0.2, -0.15) is 0 Å². The Labute approximate surface area is 139 Å². The van der Waals surface area contributed by atoms with Gasteiger partial charge in [0.2, 0.25) is 17.7 Å². The Morgan fingerprint density at radius 1 is 1.13 bits per heavy atom. The number of ketones is 1. The van der Waals surface area contributed by atoms with Crippen LogP contribution in [0.1, 0.15) is 49.3 Å². The van der Waals surface area contributed by atoms with Gasteiger partial charge in [0.05, 0.1) is 13.1 Å². The Balaban J connectivity index is -0.00000220. The summed E-state index contributed by atoms with van der Waals surface area (Å²) in [6.45, 7) is 2.37. The van der Waals surface area contributed by atoms with Gasteiger partial charge in [-0.25, -0.2) is 0 Å². The highest BCUT2D eigenvalue weighted by molar-refractivity contribution is 5.90. The molecule has 134 valence electrons. The topological polar surface area (TPSA) is 121 Å². The second-order valence-electron chi connectivity index (χ2n) is 4.35. The molecule has 8 heteroatoms. The molecule has 3 N–H and O–H groups in total. The fraction of sp³-hybridized carbons (Fsp3) is 0.667. The Bertz CT molecular complexity index is 454. The van der Waals surface area contributed by atoms with Gasteiger partial charge in [-0.15, -0.1) is 0 Å². The van der Waals surface area contributed by atoms with Crippen molar-refractivity contribution in [1.29, 1.82) is 0 Å². The van der Waals surface area contributed by atoms with Crippen LogP contribution in [-0.2, 0) is 24.0 Å². The van der Waals surface area contributed by atoms with E-state index in [4.69, 9.17) is 1.37 Å². The second-order valence-corrected chi connectivity index (χ2v) is 4.35. The second kappa shape index (κ2) is 14.7. The largest absolute Gasteiger partial charge is 0.349 e. The van der Waals surface area contributed by atoms with E-state index in [9.17, 15) is 24.0 Å². The van der Waals surface area contributed by atoms with E-state index < -0.39 is 30.7 Å². The van der Waals surface area contributed by atoms with E-state index in [1.807, 2.05) is 0 Å². The van der Waals surface area contributed by atoms with Crippen LogP contribution in [-0.4, -0.2) is 48.9 Å². The van der Waals surface area contributed by atoms with E-state index >= 15 is 0 Å². The van der Waals surface area contributed by atoms with E-state index in [1.54, 1.807) is 6.92 Å². The van der Waals surface area contributed by atoms with Gasteiger partial charge < -0.3 is 20.7 Å². The number of Topliss-reactive ketones (excluding diaryl/α,β-unsaturated/α-hetero) is 1. The van der Waals surface area contributed by atoms with Crippen LogP contribution in [0.4, 0.5) is 0 Å². The molecule has 0 fully saturated rings. The fourth-order valence-corrected chi connectivity index (χ4v) is 1.40. The normalized spacial score (nSPS) is 10.8. The number of hydrogen-bond donors (Lipinski definition) is 3. The van der Waals surface area contributed by atoms with Crippen LogP contribution in [0, 0.1) is 0 Å². The van der Waals surface area contributed by atoms with Gasteiger partial charge in [0.1, 0.15) is 19.5 Å². The Morgan fingerprint density at radius 2 is 1.74 bits per heavy atom. The first-order valence-corrected chi connectivity index (χ1v) is 6.58. The third-order valence-corrected chi connectivity index (χ3v) is 2.50. The molecule has 0 spiro atoms. The summed E-state index contributed by atoms with van der Waals surface area (Å²) in [5.41, 5.74) is 0. The zero-order valence-corrected chi connectivity index (χ0v) is 12.2. The lowest BCUT2D eigenvalue weighted by Gasteiger charge is -2.17. The average molecular weight is 332 g/mol. The minimum Gasteiger partial charge on any atom is -0.349 e. The van der Waals surface area contributed by atoms with Crippen LogP contribution in [0.3, 0.4) is 0 Å². The number of aldehydes is 1. The van der Waals surface area contributed by atoms with Crippen molar-refractivity contribution in [2.24, 2.45) is 0 Å². The molecule has 23 heavy (non-hydrogen) atoms. The van der Waals surface area contributed by atoms with Gasteiger partial charge in [-0.3, -0.25) is 19.2 Å². The molecule has 0 aromatic rings. The summed E-state index contributed by atoms with van der Waals surface area (Å²) in [4.78, 5) is 56.0. The lowest BCUT2D eigenvalue weighted by molar-refractivity contribution is -0.130. The van der Waals surface area contributed by atoms with Gasteiger partial charge in [0.15, 0.2) is 0 Å². The number of rotatable bonds is 10. The molecule has 1 unspecified atom stereocenters. The summed E-state index contributed by atoms with van der Waals surface area (Å²) >= 11 is 0. The summed E-state index contributed by atoms with van der Waals surface area (Å²) in [7, 11) is 0. The third kappa shape index (κ3) is 13.2. The van der Waals surface area contributed by atoms with Gasteiger partial charge in [0.25, 0.3) is 0 Å². The van der Waals surface area contributed by atoms with E-state index in [-0.39, 0.29) is 52.4 Å².